The van der Waals surface area contributed by atoms with Gasteiger partial charge < -0.3 is 10.0 Å². The van der Waals surface area contributed by atoms with Crippen LogP contribution in [0.4, 0.5) is 15.2 Å². The summed E-state index contributed by atoms with van der Waals surface area (Å²) in [6.07, 6.45) is 0. The number of thiazole rings is 1. The number of hydrogen-bond acceptors (Lipinski definition) is 6. The van der Waals surface area contributed by atoms with Crippen LogP contribution in [0.15, 0.2) is 78.4 Å². The van der Waals surface area contributed by atoms with Crippen molar-refractivity contribution < 1.29 is 19.1 Å². The van der Waals surface area contributed by atoms with E-state index in [1.165, 1.54) is 23.1 Å². The minimum atomic E-state index is -0.887. The quantitative estimate of drug-likeness (QED) is 0.253. The molecule has 34 heavy (non-hydrogen) atoms. The Morgan fingerprint density at radius 1 is 1.03 bits per heavy atom. The Kier molecular flexibility index (Phi) is 5.37. The van der Waals surface area contributed by atoms with Gasteiger partial charge in [0.1, 0.15) is 11.6 Å². The van der Waals surface area contributed by atoms with E-state index in [9.17, 15) is 19.1 Å². The van der Waals surface area contributed by atoms with E-state index in [1.807, 2.05) is 43.3 Å². The van der Waals surface area contributed by atoms with Gasteiger partial charge in [-0.3, -0.25) is 14.5 Å². The highest BCUT2D eigenvalue weighted by atomic mass is 32.1. The molecule has 1 fully saturated rings. The van der Waals surface area contributed by atoms with Crippen LogP contribution in [0.2, 0.25) is 0 Å². The number of amides is 1. The van der Waals surface area contributed by atoms with E-state index in [2.05, 4.69) is 4.98 Å². The number of aromatic nitrogens is 1. The zero-order valence-corrected chi connectivity index (χ0v) is 19.2. The van der Waals surface area contributed by atoms with Crippen LogP contribution in [0.5, 0.6) is 0 Å². The first-order chi connectivity index (χ1) is 16.3. The van der Waals surface area contributed by atoms with Crippen molar-refractivity contribution in [2.45, 2.75) is 6.04 Å². The van der Waals surface area contributed by atoms with Gasteiger partial charge in [0.15, 0.2) is 5.13 Å². The molecule has 0 aliphatic carbocycles. The lowest BCUT2D eigenvalue weighted by atomic mass is 9.95. The molecule has 1 aromatic heterocycles. The number of benzene rings is 3. The summed E-state index contributed by atoms with van der Waals surface area (Å²) in [5.41, 5.74) is 2.53. The molecule has 170 valence electrons. The van der Waals surface area contributed by atoms with Crippen LogP contribution in [0.25, 0.3) is 16.0 Å². The summed E-state index contributed by atoms with van der Waals surface area (Å²) in [5.74, 6) is -2.26. The van der Waals surface area contributed by atoms with Crippen LogP contribution in [0.1, 0.15) is 17.2 Å². The molecule has 0 spiro atoms. The number of ketones is 1. The second kappa shape index (κ2) is 8.39. The van der Waals surface area contributed by atoms with E-state index in [0.29, 0.717) is 21.3 Å². The number of aliphatic hydroxyl groups is 1. The van der Waals surface area contributed by atoms with Gasteiger partial charge in [0, 0.05) is 25.3 Å². The number of Topliss-reactive ketones (excluding diaryl/α,β-unsaturated/α-hetero) is 1. The minimum absolute atomic E-state index is 0.0146. The molecular weight excluding hydrogens is 453 g/mol. The van der Waals surface area contributed by atoms with Crippen LogP contribution in [0.3, 0.4) is 0 Å². The normalized spacial score (nSPS) is 17.5. The highest BCUT2D eigenvalue weighted by Crippen LogP contribution is 2.44. The zero-order valence-electron chi connectivity index (χ0n) is 18.4. The van der Waals surface area contributed by atoms with Crippen molar-refractivity contribution in [2.24, 2.45) is 0 Å². The molecule has 0 radical (unpaired) electrons. The zero-order chi connectivity index (χ0) is 24.0. The number of aliphatic hydroxyl groups excluding tert-OH is 1. The van der Waals surface area contributed by atoms with Crippen LogP contribution in [0, 0.1) is 5.82 Å². The van der Waals surface area contributed by atoms with Gasteiger partial charge in [-0.2, -0.15) is 0 Å². The minimum Gasteiger partial charge on any atom is -0.507 e. The Morgan fingerprint density at radius 2 is 1.74 bits per heavy atom. The lowest BCUT2D eigenvalue weighted by Gasteiger charge is -2.23. The molecule has 1 atom stereocenters. The lowest BCUT2D eigenvalue weighted by Crippen LogP contribution is -2.29. The van der Waals surface area contributed by atoms with Gasteiger partial charge >= 0.3 is 5.91 Å². The summed E-state index contributed by atoms with van der Waals surface area (Å²) in [5, 5.41) is 11.4. The van der Waals surface area contributed by atoms with Crippen molar-refractivity contribution in [1.82, 2.24) is 4.98 Å². The first-order valence-corrected chi connectivity index (χ1v) is 11.4. The molecule has 0 saturated carbocycles. The number of carbonyl (C=O) groups is 2. The average Bonchev–Trinajstić information content (AvgIpc) is 3.37. The SMILES string of the molecule is CN(C)c1ccc(C2/C(=C(\O)c3ccccc3)C(=O)C(=O)N2c2nc3ccc(F)cc3s2)cc1. The Morgan fingerprint density at radius 3 is 2.41 bits per heavy atom. The molecule has 6 nitrogen and oxygen atoms in total. The third-order valence-electron chi connectivity index (χ3n) is 5.76. The van der Waals surface area contributed by atoms with Gasteiger partial charge in [0.05, 0.1) is 21.8 Å². The average molecular weight is 474 g/mol. The Balaban J connectivity index is 1.72. The van der Waals surface area contributed by atoms with E-state index >= 15 is 0 Å². The van der Waals surface area contributed by atoms with Gasteiger partial charge in [0.25, 0.3) is 5.78 Å². The van der Waals surface area contributed by atoms with Crippen LogP contribution in [-0.4, -0.2) is 35.9 Å². The maximum atomic E-state index is 13.8. The molecule has 5 rings (SSSR count). The number of anilines is 2. The van der Waals surface area contributed by atoms with Gasteiger partial charge in [-0.1, -0.05) is 53.8 Å². The van der Waals surface area contributed by atoms with Gasteiger partial charge in [0.2, 0.25) is 0 Å². The summed E-state index contributed by atoms with van der Waals surface area (Å²) >= 11 is 1.12. The lowest BCUT2D eigenvalue weighted by molar-refractivity contribution is -0.132. The van der Waals surface area contributed by atoms with E-state index in [4.69, 9.17) is 0 Å². The van der Waals surface area contributed by atoms with Crippen LogP contribution in [-0.2, 0) is 9.59 Å². The Bertz CT molecular complexity index is 1450. The molecule has 8 heteroatoms. The van der Waals surface area contributed by atoms with Crippen molar-refractivity contribution >= 4 is 49.8 Å². The fourth-order valence-corrected chi connectivity index (χ4v) is 5.06. The van der Waals surface area contributed by atoms with Gasteiger partial charge in [-0.25, -0.2) is 9.37 Å². The summed E-state index contributed by atoms with van der Waals surface area (Å²) in [6.45, 7) is 0. The van der Waals surface area contributed by atoms with E-state index in [0.717, 1.165) is 17.0 Å². The molecule has 1 unspecified atom stereocenters. The Hall–Kier alpha value is -4.04. The smallest absolute Gasteiger partial charge is 0.301 e. The summed E-state index contributed by atoms with van der Waals surface area (Å²) < 4.78 is 14.3. The number of carbonyl (C=O) groups excluding carboxylic acids is 2. The third kappa shape index (κ3) is 3.62. The van der Waals surface area contributed by atoms with Gasteiger partial charge in [-0.05, 0) is 35.9 Å². The third-order valence-corrected chi connectivity index (χ3v) is 6.78. The highest BCUT2D eigenvalue weighted by Gasteiger charge is 2.48. The number of rotatable bonds is 4. The van der Waals surface area contributed by atoms with Crippen molar-refractivity contribution in [1.29, 1.82) is 0 Å². The monoisotopic (exact) mass is 473 g/mol. The maximum absolute atomic E-state index is 13.8. The molecule has 2 heterocycles. The van der Waals surface area contributed by atoms with Crippen molar-refractivity contribution in [3.63, 3.8) is 0 Å². The topological polar surface area (TPSA) is 73.7 Å². The van der Waals surface area contributed by atoms with Gasteiger partial charge in [-0.15, -0.1) is 0 Å². The number of nitrogens with zero attached hydrogens (tertiary/aromatic N) is 3. The van der Waals surface area contributed by atoms with Crippen molar-refractivity contribution in [3.8, 4) is 0 Å². The number of hydrogen-bond donors (Lipinski definition) is 1. The molecule has 0 bridgehead atoms. The maximum Gasteiger partial charge on any atom is 0.301 e. The predicted molar refractivity (Wildman–Crippen MR) is 132 cm³/mol. The molecule has 1 N–H and O–H groups in total. The standard InChI is InChI=1S/C26H20FN3O3S/c1-29(2)18-11-8-15(9-12-18)22-21(23(31)16-6-4-3-5-7-16)24(32)25(33)30(22)26-28-19-13-10-17(27)14-20(19)34-26/h3-14,22,31H,1-2H3/b23-21+. The second-order valence-corrected chi connectivity index (χ2v) is 9.14. The van der Waals surface area contributed by atoms with Crippen molar-refractivity contribution in [3.05, 3.63) is 95.3 Å². The molecule has 1 saturated heterocycles. The summed E-state index contributed by atoms with van der Waals surface area (Å²) in [4.78, 5) is 34.2. The van der Waals surface area contributed by atoms with E-state index in [-0.39, 0.29) is 16.5 Å². The predicted octanol–water partition coefficient (Wildman–Crippen LogP) is 5.13. The number of fused-ring (bicyclic) bond motifs is 1. The van der Waals surface area contributed by atoms with E-state index in [1.54, 1.807) is 30.3 Å². The number of halogens is 1. The molecule has 4 aromatic rings. The molecule has 1 aliphatic heterocycles. The largest absolute Gasteiger partial charge is 0.507 e. The first-order valence-electron chi connectivity index (χ1n) is 10.5. The molecule has 1 amide bonds. The first kappa shape index (κ1) is 21.8. The van der Waals surface area contributed by atoms with Crippen molar-refractivity contribution in [2.75, 3.05) is 23.9 Å². The summed E-state index contributed by atoms with van der Waals surface area (Å²) in [6, 6.07) is 19.3. The van der Waals surface area contributed by atoms with Crippen LogP contribution < -0.4 is 9.80 Å². The fraction of sp³-hybridized carbons (Fsp3) is 0.115. The molecule has 1 aliphatic rings. The van der Waals surface area contributed by atoms with E-state index < -0.39 is 23.5 Å². The molecule has 3 aromatic carbocycles. The Labute approximate surface area is 199 Å². The van der Waals surface area contributed by atoms with Crippen LogP contribution >= 0.6 is 11.3 Å². The second-order valence-electron chi connectivity index (χ2n) is 8.13. The summed E-state index contributed by atoms with van der Waals surface area (Å²) in [7, 11) is 3.83. The molecular formula is C26H20FN3O3S. The highest BCUT2D eigenvalue weighted by molar-refractivity contribution is 7.22. The fourth-order valence-electron chi connectivity index (χ4n) is 4.04.